The van der Waals surface area contributed by atoms with Gasteiger partial charge in [0.1, 0.15) is 6.54 Å². The van der Waals surface area contributed by atoms with Crippen LogP contribution in [0.5, 0.6) is 0 Å². The molecule has 1 atom stereocenters. The summed E-state index contributed by atoms with van der Waals surface area (Å²) in [6.07, 6.45) is 0. The van der Waals surface area contributed by atoms with Crippen molar-refractivity contribution in [1.82, 2.24) is 5.32 Å². The number of halogens is 1. The number of carbonyl (C=O) groups is 1. The fourth-order valence-electron chi connectivity index (χ4n) is 3.82. The van der Waals surface area contributed by atoms with Crippen LogP contribution in [0.25, 0.3) is 0 Å². The first-order valence-corrected chi connectivity index (χ1v) is 12.5. The Bertz CT molecular complexity index is 1270. The fourth-order valence-corrected chi connectivity index (χ4v) is 5.43. The van der Waals surface area contributed by atoms with Crippen LogP contribution in [0, 0.1) is 27.7 Å². The molecule has 33 heavy (non-hydrogen) atoms. The zero-order chi connectivity index (χ0) is 24.3. The molecule has 3 aromatic carbocycles. The highest BCUT2D eigenvalue weighted by Gasteiger charge is 2.28. The molecule has 0 aliphatic carbocycles. The van der Waals surface area contributed by atoms with Crippen molar-refractivity contribution in [2.24, 2.45) is 0 Å². The number of aryl methyl sites for hydroxylation is 4. The lowest BCUT2D eigenvalue weighted by atomic mass is 9.96. The molecule has 3 aromatic rings. The molecule has 0 spiro atoms. The third-order valence-electron chi connectivity index (χ3n) is 5.80. The molecule has 174 valence electrons. The molecular weight excluding hydrogens is 456 g/mol. The van der Waals surface area contributed by atoms with Gasteiger partial charge in [0.25, 0.3) is 10.0 Å². The second-order valence-corrected chi connectivity index (χ2v) is 10.6. The molecule has 0 aliphatic heterocycles. The van der Waals surface area contributed by atoms with Gasteiger partial charge in [-0.15, -0.1) is 0 Å². The van der Waals surface area contributed by atoms with E-state index in [0.29, 0.717) is 10.7 Å². The van der Waals surface area contributed by atoms with Crippen molar-refractivity contribution in [1.29, 1.82) is 0 Å². The van der Waals surface area contributed by atoms with Gasteiger partial charge >= 0.3 is 0 Å². The number of nitrogens with zero attached hydrogens (tertiary/aromatic N) is 1. The predicted octanol–water partition coefficient (Wildman–Crippen LogP) is 5.65. The average molecular weight is 485 g/mol. The third kappa shape index (κ3) is 5.57. The van der Waals surface area contributed by atoms with E-state index in [1.165, 1.54) is 29.8 Å². The first-order chi connectivity index (χ1) is 15.5. The minimum absolute atomic E-state index is 0.0704. The second kappa shape index (κ2) is 9.98. The lowest BCUT2D eigenvalue weighted by Gasteiger charge is -2.27. The van der Waals surface area contributed by atoms with E-state index in [0.717, 1.165) is 26.6 Å². The molecule has 0 aliphatic rings. The standard InChI is InChI=1S/C26H29ClN2O3S/c1-17-8-6-7-9-25(17)29(33(31,32)23-12-10-22(27)11-13-23)16-26(30)28-21(5)24-15-19(3)18(2)14-20(24)4/h6-15,21H,16H2,1-5H3,(H,28,30)/t21-/m1/s1. The quantitative estimate of drug-likeness (QED) is 0.471. The molecule has 0 radical (unpaired) electrons. The summed E-state index contributed by atoms with van der Waals surface area (Å²) in [6.45, 7) is 9.47. The van der Waals surface area contributed by atoms with Gasteiger partial charge in [-0.3, -0.25) is 9.10 Å². The lowest BCUT2D eigenvalue weighted by molar-refractivity contribution is -0.120. The Morgan fingerprint density at radius 3 is 2.15 bits per heavy atom. The molecule has 0 saturated carbocycles. The molecule has 0 bridgehead atoms. The molecule has 7 heteroatoms. The molecule has 3 rings (SSSR count). The van der Waals surface area contributed by atoms with Crippen LogP contribution in [0.15, 0.2) is 65.6 Å². The monoisotopic (exact) mass is 484 g/mol. The van der Waals surface area contributed by atoms with Gasteiger partial charge < -0.3 is 5.32 Å². The van der Waals surface area contributed by atoms with Crippen LogP contribution in [-0.4, -0.2) is 20.9 Å². The van der Waals surface area contributed by atoms with Gasteiger partial charge in [0.2, 0.25) is 5.91 Å². The molecule has 5 nitrogen and oxygen atoms in total. The number of hydrogen-bond acceptors (Lipinski definition) is 3. The Balaban J connectivity index is 1.92. The van der Waals surface area contributed by atoms with Crippen molar-refractivity contribution >= 4 is 33.2 Å². The largest absolute Gasteiger partial charge is 0.348 e. The van der Waals surface area contributed by atoms with Crippen molar-refractivity contribution in [3.63, 3.8) is 0 Å². The first kappa shape index (κ1) is 24.8. The molecule has 0 heterocycles. The van der Waals surface area contributed by atoms with E-state index >= 15 is 0 Å². The van der Waals surface area contributed by atoms with Crippen molar-refractivity contribution < 1.29 is 13.2 Å². The van der Waals surface area contributed by atoms with Crippen LogP contribution in [0.4, 0.5) is 5.69 Å². The van der Waals surface area contributed by atoms with Crippen molar-refractivity contribution in [3.8, 4) is 0 Å². The number of anilines is 1. The van der Waals surface area contributed by atoms with Crippen LogP contribution in [-0.2, 0) is 14.8 Å². The molecule has 0 aromatic heterocycles. The summed E-state index contributed by atoms with van der Waals surface area (Å²) in [5, 5.41) is 3.41. The summed E-state index contributed by atoms with van der Waals surface area (Å²) < 4.78 is 28.2. The van der Waals surface area contributed by atoms with E-state index in [9.17, 15) is 13.2 Å². The third-order valence-corrected chi connectivity index (χ3v) is 7.83. The van der Waals surface area contributed by atoms with E-state index < -0.39 is 10.0 Å². The highest BCUT2D eigenvalue weighted by molar-refractivity contribution is 7.92. The topological polar surface area (TPSA) is 66.5 Å². The summed E-state index contributed by atoms with van der Waals surface area (Å²) in [5.41, 5.74) is 5.63. The number of rotatable bonds is 7. The van der Waals surface area contributed by atoms with E-state index in [4.69, 9.17) is 11.6 Å². The number of hydrogen-bond donors (Lipinski definition) is 1. The molecule has 0 unspecified atom stereocenters. The van der Waals surface area contributed by atoms with Gasteiger partial charge in [-0.25, -0.2) is 8.42 Å². The highest BCUT2D eigenvalue weighted by atomic mass is 35.5. The zero-order valence-corrected chi connectivity index (χ0v) is 21.1. The van der Waals surface area contributed by atoms with E-state index in [-0.39, 0.29) is 23.4 Å². The molecular formula is C26H29ClN2O3S. The van der Waals surface area contributed by atoms with Gasteiger partial charge in [0.05, 0.1) is 16.6 Å². The Kier molecular flexibility index (Phi) is 7.50. The van der Waals surface area contributed by atoms with Crippen molar-refractivity contribution in [3.05, 3.63) is 93.5 Å². The number of carbonyl (C=O) groups excluding carboxylic acids is 1. The smallest absolute Gasteiger partial charge is 0.264 e. The normalized spacial score (nSPS) is 12.3. The summed E-state index contributed by atoms with van der Waals surface area (Å²) in [4.78, 5) is 13.1. The predicted molar refractivity (Wildman–Crippen MR) is 134 cm³/mol. The lowest BCUT2D eigenvalue weighted by Crippen LogP contribution is -2.42. The molecule has 0 fully saturated rings. The summed E-state index contributed by atoms with van der Waals surface area (Å²) in [5.74, 6) is -0.388. The van der Waals surface area contributed by atoms with E-state index in [1.807, 2.05) is 39.8 Å². The van der Waals surface area contributed by atoms with Crippen LogP contribution < -0.4 is 9.62 Å². The molecule has 0 saturated heterocycles. The minimum Gasteiger partial charge on any atom is -0.348 e. The summed E-state index contributed by atoms with van der Waals surface area (Å²) in [6, 6.07) is 16.9. The minimum atomic E-state index is -4.00. The second-order valence-electron chi connectivity index (χ2n) is 8.33. The van der Waals surface area contributed by atoms with Gasteiger partial charge in [-0.1, -0.05) is 41.9 Å². The number of para-hydroxylation sites is 1. The van der Waals surface area contributed by atoms with E-state index in [1.54, 1.807) is 12.1 Å². The first-order valence-electron chi connectivity index (χ1n) is 10.7. The van der Waals surface area contributed by atoms with E-state index in [2.05, 4.69) is 24.4 Å². The number of nitrogens with one attached hydrogen (secondary N) is 1. The van der Waals surface area contributed by atoms with Gasteiger partial charge in [-0.2, -0.15) is 0 Å². The number of sulfonamides is 1. The van der Waals surface area contributed by atoms with Gasteiger partial charge in [-0.05, 0) is 92.8 Å². The SMILES string of the molecule is Cc1cc(C)c([C@@H](C)NC(=O)CN(c2ccccc2C)S(=O)(=O)c2ccc(Cl)cc2)cc1C. The maximum absolute atomic E-state index is 13.5. The van der Waals surface area contributed by atoms with Crippen molar-refractivity contribution in [2.45, 2.75) is 45.6 Å². The summed E-state index contributed by atoms with van der Waals surface area (Å²) in [7, 11) is -4.00. The Labute approximate surface area is 201 Å². The van der Waals surface area contributed by atoms with Crippen LogP contribution in [0.1, 0.15) is 40.8 Å². The Hall–Kier alpha value is -2.83. The van der Waals surface area contributed by atoms with Gasteiger partial charge in [0.15, 0.2) is 0 Å². The zero-order valence-electron chi connectivity index (χ0n) is 19.5. The molecule has 1 N–H and O–H groups in total. The molecule has 1 amide bonds. The van der Waals surface area contributed by atoms with Gasteiger partial charge in [0, 0.05) is 5.02 Å². The van der Waals surface area contributed by atoms with Crippen LogP contribution >= 0.6 is 11.6 Å². The summed E-state index contributed by atoms with van der Waals surface area (Å²) >= 11 is 5.94. The maximum Gasteiger partial charge on any atom is 0.264 e. The number of benzene rings is 3. The Morgan fingerprint density at radius 2 is 1.52 bits per heavy atom. The maximum atomic E-state index is 13.5. The Morgan fingerprint density at radius 1 is 0.909 bits per heavy atom. The average Bonchev–Trinajstić information content (AvgIpc) is 2.75. The fraction of sp³-hybridized carbons (Fsp3) is 0.269. The van der Waals surface area contributed by atoms with Crippen molar-refractivity contribution in [2.75, 3.05) is 10.8 Å². The van der Waals surface area contributed by atoms with Crippen LogP contribution in [0.2, 0.25) is 5.02 Å². The highest BCUT2D eigenvalue weighted by Crippen LogP contribution is 2.28. The van der Waals surface area contributed by atoms with Crippen LogP contribution in [0.3, 0.4) is 0 Å². The number of amides is 1.